The smallest absolute Gasteiger partial charge is 0.251 e. The number of alkyl halides is 2. The minimum absolute atomic E-state index is 0.108. The van der Waals surface area contributed by atoms with E-state index in [9.17, 15) is 17.2 Å². The summed E-state index contributed by atoms with van der Waals surface area (Å²) >= 11 is 0. The highest BCUT2D eigenvalue weighted by Gasteiger charge is 2.49. The third-order valence-electron chi connectivity index (χ3n) is 5.97. The Morgan fingerprint density at radius 2 is 1.79 bits per heavy atom. The first-order valence-electron chi connectivity index (χ1n) is 9.41. The van der Waals surface area contributed by atoms with E-state index in [4.69, 9.17) is 5.73 Å². The molecule has 0 unspecified atom stereocenters. The van der Waals surface area contributed by atoms with E-state index < -0.39 is 34.8 Å². The number of nitrogens with zero attached hydrogens (tertiary/aromatic N) is 2. The predicted octanol–water partition coefficient (Wildman–Crippen LogP) is 3.61. The van der Waals surface area contributed by atoms with Crippen molar-refractivity contribution < 1.29 is 17.2 Å². The van der Waals surface area contributed by atoms with E-state index in [0.29, 0.717) is 12.4 Å². The van der Waals surface area contributed by atoms with Crippen LogP contribution in [0.15, 0.2) is 40.2 Å². The van der Waals surface area contributed by atoms with E-state index in [1.54, 1.807) is 12.1 Å². The van der Waals surface area contributed by atoms with E-state index in [-0.39, 0.29) is 4.90 Å². The zero-order valence-electron chi connectivity index (χ0n) is 16.5. The summed E-state index contributed by atoms with van der Waals surface area (Å²) in [5, 5.41) is 0. The number of benzene rings is 2. The van der Waals surface area contributed by atoms with Gasteiger partial charge in [-0.15, -0.1) is 0 Å². The number of nitrogens with two attached hydrogens (primary N) is 1. The number of aryl methyl sites for hydroxylation is 1. The van der Waals surface area contributed by atoms with E-state index in [0.717, 1.165) is 37.7 Å². The van der Waals surface area contributed by atoms with Crippen molar-refractivity contribution in [2.75, 3.05) is 7.05 Å². The molecule has 0 spiro atoms. The molecule has 1 saturated carbocycles. The van der Waals surface area contributed by atoms with Gasteiger partial charge < -0.3 is 5.73 Å². The third kappa shape index (κ3) is 3.24. The van der Waals surface area contributed by atoms with Gasteiger partial charge in [0.1, 0.15) is 5.84 Å². The van der Waals surface area contributed by atoms with Crippen LogP contribution in [0, 0.1) is 13.8 Å². The molecule has 1 heterocycles. The van der Waals surface area contributed by atoms with Crippen LogP contribution in [0.3, 0.4) is 0 Å². The maximum absolute atomic E-state index is 13.2. The van der Waals surface area contributed by atoms with Gasteiger partial charge >= 0.3 is 0 Å². The molecule has 2 aromatic rings. The molecule has 1 aliphatic heterocycles. The van der Waals surface area contributed by atoms with Crippen molar-refractivity contribution in [3.8, 4) is 11.1 Å². The van der Waals surface area contributed by atoms with Gasteiger partial charge in [0.25, 0.3) is 5.92 Å². The predicted molar refractivity (Wildman–Crippen MR) is 109 cm³/mol. The molecular weight excluding hydrogens is 396 g/mol. The lowest BCUT2D eigenvalue weighted by Gasteiger charge is -2.39. The summed E-state index contributed by atoms with van der Waals surface area (Å²) in [7, 11) is -2.47. The quantitative estimate of drug-likeness (QED) is 0.823. The number of halogens is 2. The van der Waals surface area contributed by atoms with Crippen molar-refractivity contribution in [1.29, 1.82) is 0 Å². The molecule has 8 heteroatoms. The molecule has 0 bridgehead atoms. The summed E-state index contributed by atoms with van der Waals surface area (Å²) in [6, 6.07) is 8.23. The molecule has 0 atom stereocenters. The summed E-state index contributed by atoms with van der Waals surface area (Å²) in [5.74, 6) is -2.25. The van der Waals surface area contributed by atoms with Crippen LogP contribution in [0.1, 0.15) is 35.1 Å². The van der Waals surface area contributed by atoms with Crippen LogP contribution in [0.2, 0.25) is 0 Å². The Morgan fingerprint density at radius 1 is 1.14 bits per heavy atom. The molecule has 0 radical (unpaired) electrons. The van der Waals surface area contributed by atoms with Crippen molar-refractivity contribution >= 4 is 15.9 Å². The van der Waals surface area contributed by atoms with Crippen molar-refractivity contribution in [3.05, 3.63) is 52.6 Å². The van der Waals surface area contributed by atoms with E-state index in [1.807, 2.05) is 26.0 Å². The molecule has 4 rings (SSSR count). The Bertz CT molecular complexity index is 1130. The standard InChI is InChI=1S/C21H23F2N3O2S/c1-12-8-16(29(27,28)26(3)15-9-21(22,23)10-15)5-7-17(12)18-6-4-14-11-25-20(24)19(14)13(18)2/h4-8,15H,9-11H2,1-3H3,(H2,24,25). The fraction of sp³-hybridized carbons (Fsp3) is 0.381. The SMILES string of the molecule is Cc1cc(S(=O)(=O)N(C)C2CC(F)(F)C2)ccc1-c1ccc2c(c1C)C(N)=NC2. The van der Waals surface area contributed by atoms with E-state index >= 15 is 0 Å². The fourth-order valence-electron chi connectivity index (χ4n) is 4.15. The monoisotopic (exact) mass is 419 g/mol. The first kappa shape index (κ1) is 20.0. The number of aliphatic imine (C=N–C) groups is 1. The average Bonchev–Trinajstić information content (AvgIpc) is 3.01. The summed E-state index contributed by atoms with van der Waals surface area (Å²) in [6.45, 7) is 4.40. The number of fused-ring (bicyclic) bond motifs is 1. The summed E-state index contributed by atoms with van der Waals surface area (Å²) in [5.41, 5.74) is 11.7. The largest absolute Gasteiger partial charge is 0.383 e. The molecular formula is C21H23F2N3O2S. The Morgan fingerprint density at radius 3 is 2.41 bits per heavy atom. The number of hydrogen-bond donors (Lipinski definition) is 1. The zero-order valence-corrected chi connectivity index (χ0v) is 17.4. The molecule has 2 aromatic carbocycles. The molecule has 154 valence electrons. The van der Waals surface area contributed by atoms with Gasteiger partial charge in [-0.25, -0.2) is 17.2 Å². The van der Waals surface area contributed by atoms with Crippen molar-refractivity contribution in [3.63, 3.8) is 0 Å². The lowest BCUT2D eigenvalue weighted by Crippen LogP contribution is -2.51. The van der Waals surface area contributed by atoms with Gasteiger partial charge in [0.15, 0.2) is 0 Å². The molecule has 0 amide bonds. The first-order chi connectivity index (χ1) is 13.5. The van der Waals surface area contributed by atoms with Crippen LogP contribution >= 0.6 is 0 Å². The molecule has 0 saturated heterocycles. The Labute approximate surface area is 169 Å². The second kappa shape index (κ2) is 6.60. The van der Waals surface area contributed by atoms with Crippen LogP contribution in [-0.4, -0.2) is 37.6 Å². The maximum Gasteiger partial charge on any atom is 0.251 e. The molecule has 0 aromatic heterocycles. The summed E-state index contributed by atoms with van der Waals surface area (Å²) in [4.78, 5) is 4.39. The van der Waals surface area contributed by atoms with Crippen LogP contribution in [0.4, 0.5) is 8.78 Å². The maximum atomic E-state index is 13.2. The van der Waals surface area contributed by atoms with Crippen LogP contribution in [0.5, 0.6) is 0 Å². The molecule has 2 aliphatic rings. The Kier molecular flexibility index (Phi) is 4.55. The molecule has 5 nitrogen and oxygen atoms in total. The fourth-order valence-corrected chi connectivity index (χ4v) is 5.59. The Hall–Kier alpha value is -2.32. The lowest BCUT2D eigenvalue weighted by atomic mass is 9.88. The minimum atomic E-state index is -3.84. The van der Waals surface area contributed by atoms with Gasteiger partial charge in [-0.1, -0.05) is 18.2 Å². The number of rotatable bonds is 4. The first-order valence-corrected chi connectivity index (χ1v) is 10.8. The lowest BCUT2D eigenvalue weighted by molar-refractivity contribution is -0.106. The highest BCUT2D eigenvalue weighted by atomic mass is 32.2. The van der Waals surface area contributed by atoms with Gasteiger partial charge in [0, 0.05) is 31.5 Å². The third-order valence-corrected chi connectivity index (χ3v) is 7.88. The highest BCUT2D eigenvalue weighted by molar-refractivity contribution is 7.89. The number of hydrogen-bond acceptors (Lipinski definition) is 4. The van der Waals surface area contributed by atoms with Gasteiger partial charge in [0.2, 0.25) is 10.0 Å². The van der Waals surface area contributed by atoms with Crippen LogP contribution in [0.25, 0.3) is 11.1 Å². The molecule has 2 N–H and O–H groups in total. The molecule has 1 fully saturated rings. The second-order valence-electron chi connectivity index (χ2n) is 7.89. The van der Waals surface area contributed by atoms with Crippen molar-refractivity contribution in [2.45, 2.75) is 50.1 Å². The van der Waals surface area contributed by atoms with Gasteiger partial charge in [0.05, 0.1) is 11.4 Å². The van der Waals surface area contributed by atoms with Gasteiger partial charge in [-0.05, 0) is 53.8 Å². The normalized spacial score (nSPS) is 18.5. The topological polar surface area (TPSA) is 75.8 Å². The van der Waals surface area contributed by atoms with Crippen molar-refractivity contribution in [1.82, 2.24) is 4.31 Å². The zero-order chi connectivity index (χ0) is 21.1. The Balaban J connectivity index is 1.68. The van der Waals surface area contributed by atoms with Crippen LogP contribution < -0.4 is 5.73 Å². The number of sulfonamides is 1. The van der Waals surface area contributed by atoms with Crippen LogP contribution in [-0.2, 0) is 16.6 Å². The van der Waals surface area contributed by atoms with E-state index in [1.165, 1.54) is 13.1 Å². The summed E-state index contributed by atoms with van der Waals surface area (Å²) in [6.07, 6.45) is -0.867. The number of amidine groups is 1. The average molecular weight is 419 g/mol. The highest BCUT2D eigenvalue weighted by Crippen LogP contribution is 2.42. The molecule has 29 heavy (non-hydrogen) atoms. The van der Waals surface area contributed by atoms with Crippen molar-refractivity contribution in [2.24, 2.45) is 10.7 Å². The minimum Gasteiger partial charge on any atom is -0.383 e. The van der Waals surface area contributed by atoms with Gasteiger partial charge in [-0.3, -0.25) is 4.99 Å². The second-order valence-corrected chi connectivity index (χ2v) is 9.89. The van der Waals surface area contributed by atoms with Gasteiger partial charge in [-0.2, -0.15) is 4.31 Å². The summed E-state index contributed by atoms with van der Waals surface area (Å²) < 4.78 is 53.2. The molecule has 1 aliphatic carbocycles. The van der Waals surface area contributed by atoms with E-state index in [2.05, 4.69) is 4.99 Å².